The second-order valence-corrected chi connectivity index (χ2v) is 4.80. The molecule has 3 nitrogen and oxygen atoms in total. The van der Waals surface area contributed by atoms with Crippen LogP contribution in [0.1, 0.15) is 31.2 Å². The number of aromatic hydroxyl groups is 1. The Balaban J connectivity index is 2.54. The number of ketones is 1. The Morgan fingerprint density at radius 2 is 2.18 bits per heavy atom. The molecule has 0 spiro atoms. The van der Waals surface area contributed by atoms with E-state index in [1.807, 2.05) is 6.07 Å². The molecule has 92 valence electrons. The number of Topliss-reactive ketones (excluding diaryl/α,β-unsaturated/α-hetero) is 1. The summed E-state index contributed by atoms with van der Waals surface area (Å²) in [7, 11) is 1.77. The number of halogens is 1. The van der Waals surface area contributed by atoms with Gasteiger partial charge < -0.3 is 10.4 Å². The zero-order valence-electron chi connectivity index (χ0n) is 9.79. The number of likely N-dealkylation sites (N-methyl/N-ethyl adjacent to an activating group) is 1. The Bertz CT molecular complexity index is 447. The highest BCUT2D eigenvalue weighted by Gasteiger charge is 2.41. The molecule has 1 aromatic rings. The number of nitrogens with one attached hydrogen (secondary N) is 1. The van der Waals surface area contributed by atoms with Gasteiger partial charge in [0.05, 0.1) is 5.02 Å². The van der Waals surface area contributed by atoms with Crippen molar-refractivity contribution >= 4 is 17.4 Å². The first-order chi connectivity index (χ1) is 8.12. The zero-order valence-corrected chi connectivity index (χ0v) is 10.5. The molecule has 1 unspecified atom stereocenters. The topological polar surface area (TPSA) is 49.3 Å². The van der Waals surface area contributed by atoms with Gasteiger partial charge in [0, 0.05) is 12.0 Å². The highest BCUT2D eigenvalue weighted by Crippen LogP contribution is 2.40. The first-order valence-corrected chi connectivity index (χ1v) is 6.20. The van der Waals surface area contributed by atoms with Crippen molar-refractivity contribution in [3.63, 3.8) is 0 Å². The van der Waals surface area contributed by atoms with Gasteiger partial charge in [-0.3, -0.25) is 4.79 Å². The maximum atomic E-state index is 12.2. The van der Waals surface area contributed by atoms with Crippen molar-refractivity contribution in [2.24, 2.45) is 0 Å². The third-order valence-corrected chi connectivity index (χ3v) is 3.94. The van der Waals surface area contributed by atoms with E-state index in [2.05, 4.69) is 5.32 Å². The molecule has 1 fully saturated rings. The van der Waals surface area contributed by atoms with Gasteiger partial charge in [0.1, 0.15) is 11.3 Å². The first-order valence-electron chi connectivity index (χ1n) is 5.82. The molecule has 2 N–H and O–H groups in total. The van der Waals surface area contributed by atoms with E-state index in [9.17, 15) is 9.90 Å². The number of phenols is 1. The molecule has 1 aliphatic rings. The van der Waals surface area contributed by atoms with Crippen LogP contribution in [0.3, 0.4) is 0 Å². The van der Waals surface area contributed by atoms with Crippen molar-refractivity contribution < 1.29 is 9.90 Å². The molecule has 17 heavy (non-hydrogen) atoms. The van der Waals surface area contributed by atoms with E-state index in [0.29, 0.717) is 12.0 Å². The molecule has 0 aliphatic heterocycles. The predicted octanol–water partition coefficient (Wildman–Crippen LogP) is 2.60. The smallest absolute Gasteiger partial charge is 0.157 e. The van der Waals surface area contributed by atoms with E-state index in [0.717, 1.165) is 19.3 Å². The largest absolute Gasteiger partial charge is 0.506 e. The summed E-state index contributed by atoms with van der Waals surface area (Å²) >= 11 is 6.12. The first kappa shape index (κ1) is 12.4. The lowest BCUT2D eigenvalue weighted by atomic mass is 9.75. The Morgan fingerprint density at radius 3 is 2.82 bits per heavy atom. The number of hydrogen-bond acceptors (Lipinski definition) is 3. The van der Waals surface area contributed by atoms with Crippen LogP contribution in [-0.4, -0.2) is 17.9 Å². The molecule has 1 aliphatic carbocycles. The number of carbonyl (C=O) groups excluding carboxylic acids is 1. The fourth-order valence-corrected chi connectivity index (χ4v) is 2.85. The van der Waals surface area contributed by atoms with Gasteiger partial charge in [0.25, 0.3) is 0 Å². The minimum absolute atomic E-state index is 0.0252. The summed E-state index contributed by atoms with van der Waals surface area (Å²) in [5.74, 6) is 0.177. The van der Waals surface area contributed by atoms with E-state index in [4.69, 9.17) is 11.6 Å². The van der Waals surface area contributed by atoms with Crippen LogP contribution in [0.4, 0.5) is 0 Å². The fraction of sp³-hybridized carbons (Fsp3) is 0.462. The van der Waals surface area contributed by atoms with Gasteiger partial charge in [0.15, 0.2) is 5.78 Å². The van der Waals surface area contributed by atoms with E-state index in [-0.39, 0.29) is 16.6 Å². The number of benzene rings is 1. The summed E-state index contributed by atoms with van der Waals surface area (Å²) in [6.45, 7) is 0. The Morgan fingerprint density at radius 1 is 1.41 bits per heavy atom. The summed E-state index contributed by atoms with van der Waals surface area (Å²) in [6, 6.07) is 5.06. The van der Waals surface area contributed by atoms with E-state index >= 15 is 0 Å². The molecule has 1 aromatic carbocycles. The second kappa shape index (κ2) is 4.67. The van der Waals surface area contributed by atoms with Crippen molar-refractivity contribution in [2.75, 3.05) is 7.05 Å². The van der Waals surface area contributed by atoms with Crippen molar-refractivity contribution in [3.05, 3.63) is 28.8 Å². The molecule has 0 amide bonds. The molecule has 0 saturated heterocycles. The molecule has 4 heteroatoms. The molecular weight excluding hydrogens is 238 g/mol. The van der Waals surface area contributed by atoms with Gasteiger partial charge in [-0.15, -0.1) is 0 Å². The van der Waals surface area contributed by atoms with Gasteiger partial charge in [-0.25, -0.2) is 0 Å². The average molecular weight is 254 g/mol. The zero-order chi connectivity index (χ0) is 12.5. The van der Waals surface area contributed by atoms with Crippen molar-refractivity contribution in [3.8, 4) is 5.75 Å². The molecule has 0 bridgehead atoms. The number of hydrogen-bond donors (Lipinski definition) is 2. The fourth-order valence-electron chi connectivity index (χ4n) is 2.56. The molecule has 0 aromatic heterocycles. The van der Waals surface area contributed by atoms with Crippen LogP contribution in [0.2, 0.25) is 5.02 Å². The van der Waals surface area contributed by atoms with Crippen molar-refractivity contribution in [2.45, 2.75) is 31.2 Å². The van der Waals surface area contributed by atoms with E-state index < -0.39 is 5.54 Å². The van der Waals surface area contributed by atoms with Crippen molar-refractivity contribution in [1.82, 2.24) is 5.32 Å². The normalized spacial score (nSPS) is 24.9. The Labute approximate surface area is 106 Å². The van der Waals surface area contributed by atoms with Gasteiger partial charge in [-0.05, 0) is 26.0 Å². The summed E-state index contributed by atoms with van der Waals surface area (Å²) in [4.78, 5) is 12.2. The lowest BCUT2D eigenvalue weighted by Crippen LogP contribution is -2.49. The molecule has 0 heterocycles. The van der Waals surface area contributed by atoms with Crippen LogP contribution in [0.15, 0.2) is 18.2 Å². The number of carbonyl (C=O) groups is 1. The maximum Gasteiger partial charge on any atom is 0.157 e. The number of rotatable bonds is 2. The monoisotopic (exact) mass is 253 g/mol. The predicted molar refractivity (Wildman–Crippen MR) is 67.3 cm³/mol. The Kier molecular flexibility index (Phi) is 3.40. The van der Waals surface area contributed by atoms with Crippen LogP contribution < -0.4 is 5.32 Å². The molecule has 1 saturated carbocycles. The van der Waals surface area contributed by atoms with Crippen LogP contribution in [0.5, 0.6) is 5.75 Å². The quantitative estimate of drug-likeness (QED) is 0.852. The SMILES string of the molecule is CNC1(c2cccc(O)c2Cl)CCCCC1=O. The van der Waals surface area contributed by atoms with Crippen LogP contribution in [0.25, 0.3) is 0 Å². The molecular formula is C13H16ClNO2. The van der Waals surface area contributed by atoms with Gasteiger partial charge in [0.2, 0.25) is 0 Å². The summed E-state index contributed by atoms with van der Waals surface area (Å²) in [5, 5.41) is 13.0. The van der Waals surface area contributed by atoms with Gasteiger partial charge in [-0.2, -0.15) is 0 Å². The third kappa shape index (κ3) is 1.94. The number of phenolic OH excluding ortho intramolecular Hbond substituents is 1. The lowest BCUT2D eigenvalue weighted by molar-refractivity contribution is -0.127. The van der Waals surface area contributed by atoms with E-state index in [1.54, 1.807) is 13.1 Å². The van der Waals surface area contributed by atoms with Crippen LogP contribution >= 0.6 is 11.6 Å². The molecule has 2 rings (SSSR count). The molecule has 0 radical (unpaired) electrons. The minimum Gasteiger partial charge on any atom is -0.506 e. The third-order valence-electron chi connectivity index (χ3n) is 3.55. The molecule has 1 atom stereocenters. The highest BCUT2D eigenvalue weighted by molar-refractivity contribution is 6.33. The minimum atomic E-state index is -0.728. The maximum absolute atomic E-state index is 12.2. The van der Waals surface area contributed by atoms with Gasteiger partial charge in [-0.1, -0.05) is 30.2 Å². The average Bonchev–Trinajstić information content (AvgIpc) is 2.34. The highest BCUT2D eigenvalue weighted by atomic mass is 35.5. The van der Waals surface area contributed by atoms with Gasteiger partial charge >= 0.3 is 0 Å². The van der Waals surface area contributed by atoms with E-state index in [1.165, 1.54) is 6.07 Å². The lowest BCUT2D eigenvalue weighted by Gasteiger charge is -2.36. The van der Waals surface area contributed by atoms with Crippen LogP contribution in [0, 0.1) is 0 Å². The summed E-state index contributed by atoms with van der Waals surface area (Å²) < 4.78 is 0. The standard InChI is InChI=1S/C13H16ClNO2/c1-15-13(8-3-2-7-11(13)17)9-5-4-6-10(16)12(9)14/h4-6,15-16H,2-3,7-8H2,1H3. The summed E-state index contributed by atoms with van der Waals surface area (Å²) in [6.07, 6.45) is 3.20. The van der Waals surface area contributed by atoms with Crippen molar-refractivity contribution in [1.29, 1.82) is 0 Å². The Hall–Kier alpha value is -1.06. The summed E-state index contributed by atoms with van der Waals surface area (Å²) in [5.41, 5.74) is -0.0417. The second-order valence-electron chi connectivity index (χ2n) is 4.42. The van der Waals surface area contributed by atoms with Crippen LogP contribution in [-0.2, 0) is 10.3 Å².